The maximum atomic E-state index is 6.18. The van der Waals surface area contributed by atoms with Crippen LogP contribution < -0.4 is 10.5 Å². The van der Waals surface area contributed by atoms with Gasteiger partial charge in [0.2, 0.25) is 0 Å². The second-order valence-electron chi connectivity index (χ2n) is 6.78. The van der Waals surface area contributed by atoms with Crippen LogP contribution >= 0.6 is 0 Å². The monoisotopic (exact) mass is 298 g/mol. The average molecular weight is 298 g/mol. The quantitative estimate of drug-likeness (QED) is 0.896. The number of rotatable bonds is 5. The highest BCUT2D eigenvalue weighted by molar-refractivity contribution is 5.62. The molecular weight excluding hydrogens is 272 g/mol. The third-order valence-corrected chi connectivity index (χ3v) is 3.49. The van der Waals surface area contributed by atoms with E-state index in [1.54, 1.807) is 0 Å². The van der Waals surface area contributed by atoms with Crippen LogP contribution in [0.3, 0.4) is 0 Å². The van der Waals surface area contributed by atoms with Crippen molar-refractivity contribution in [2.75, 3.05) is 6.61 Å². The lowest BCUT2D eigenvalue weighted by Gasteiger charge is -2.21. The van der Waals surface area contributed by atoms with Crippen molar-refractivity contribution in [1.29, 1.82) is 0 Å². The molecule has 0 aliphatic rings. The molecule has 0 saturated carbocycles. The van der Waals surface area contributed by atoms with E-state index in [1.165, 1.54) is 0 Å². The summed E-state index contributed by atoms with van der Waals surface area (Å²) in [6.45, 7) is 11.0. The molecule has 2 N–H and O–H groups in total. The van der Waals surface area contributed by atoms with E-state index in [4.69, 9.17) is 15.5 Å². The Morgan fingerprint density at radius 1 is 1.18 bits per heavy atom. The summed E-state index contributed by atoms with van der Waals surface area (Å²) in [5.74, 6) is 1.39. The van der Waals surface area contributed by atoms with Crippen LogP contribution in [0.4, 0.5) is 0 Å². The van der Waals surface area contributed by atoms with Gasteiger partial charge in [0.15, 0.2) is 0 Å². The zero-order valence-corrected chi connectivity index (χ0v) is 14.2. The lowest BCUT2D eigenvalue weighted by Crippen LogP contribution is -2.29. The van der Waals surface area contributed by atoms with E-state index in [-0.39, 0.29) is 5.54 Å². The largest absolute Gasteiger partial charge is 0.493 e. The van der Waals surface area contributed by atoms with Gasteiger partial charge in [-0.1, -0.05) is 32.0 Å². The van der Waals surface area contributed by atoms with Crippen LogP contribution in [-0.4, -0.2) is 11.6 Å². The molecule has 0 fully saturated rings. The predicted octanol–water partition coefficient (Wildman–Crippen LogP) is 4.29. The minimum absolute atomic E-state index is 0.377. The molecule has 0 amide bonds. The summed E-state index contributed by atoms with van der Waals surface area (Å²) in [6.07, 6.45) is 0. The zero-order valence-electron chi connectivity index (χ0n) is 14.2. The molecule has 2 aromatic rings. The third kappa shape index (κ3) is 4.08. The minimum atomic E-state index is -0.377. The Morgan fingerprint density at radius 3 is 2.50 bits per heavy atom. The molecule has 0 aliphatic carbocycles. The molecule has 1 aromatic heterocycles. The molecule has 2 rings (SSSR count). The summed E-state index contributed by atoms with van der Waals surface area (Å²) in [4.78, 5) is 4.71. The van der Waals surface area contributed by atoms with Crippen molar-refractivity contribution in [3.8, 4) is 17.0 Å². The van der Waals surface area contributed by atoms with E-state index in [0.29, 0.717) is 5.92 Å². The molecule has 0 unspecified atom stereocenters. The molecule has 118 valence electrons. The molecule has 0 saturated heterocycles. The molecule has 22 heavy (non-hydrogen) atoms. The Bertz CT molecular complexity index is 642. The van der Waals surface area contributed by atoms with E-state index >= 15 is 0 Å². The van der Waals surface area contributed by atoms with Crippen molar-refractivity contribution in [3.63, 3.8) is 0 Å². The molecule has 1 heterocycles. The van der Waals surface area contributed by atoms with Crippen LogP contribution in [0.2, 0.25) is 0 Å². The number of aromatic nitrogens is 1. The topological polar surface area (TPSA) is 48.1 Å². The van der Waals surface area contributed by atoms with Gasteiger partial charge in [-0.2, -0.15) is 0 Å². The summed E-state index contributed by atoms with van der Waals surface area (Å²) in [6, 6.07) is 12.2. The molecule has 0 radical (unpaired) electrons. The fourth-order valence-electron chi connectivity index (χ4n) is 2.41. The van der Waals surface area contributed by atoms with Crippen molar-refractivity contribution in [2.45, 2.75) is 40.2 Å². The van der Waals surface area contributed by atoms with Crippen molar-refractivity contribution >= 4 is 0 Å². The van der Waals surface area contributed by atoms with Gasteiger partial charge in [0.25, 0.3) is 0 Å². The standard InChI is InChI=1S/C19H26N2O/c1-13(2)12-22-16-8-6-7-15(11-16)18-10-9-17(14(3)21-18)19(4,5)20/h6-11,13H,12,20H2,1-5H3. The molecule has 0 atom stereocenters. The molecule has 0 spiro atoms. The number of aryl methyl sites for hydroxylation is 1. The number of nitrogens with zero attached hydrogens (tertiary/aromatic N) is 1. The lowest BCUT2D eigenvalue weighted by molar-refractivity contribution is 0.271. The number of hydrogen-bond donors (Lipinski definition) is 1. The number of pyridine rings is 1. The summed E-state index contributed by atoms with van der Waals surface area (Å²) in [7, 11) is 0. The number of hydrogen-bond acceptors (Lipinski definition) is 3. The summed E-state index contributed by atoms with van der Waals surface area (Å²) >= 11 is 0. The highest BCUT2D eigenvalue weighted by Gasteiger charge is 2.17. The van der Waals surface area contributed by atoms with Gasteiger partial charge in [0.05, 0.1) is 12.3 Å². The molecule has 3 heteroatoms. The molecule has 1 aromatic carbocycles. The highest BCUT2D eigenvalue weighted by atomic mass is 16.5. The maximum absolute atomic E-state index is 6.18. The fraction of sp³-hybridized carbons (Fsp3) is 0.421. The van der Waals surface area contributed by atoms with E-state index in [1.807, 2.05) is 45.0 Å². The van der Waals surface area contributed by atoms with Crippen LogP contribution in [0.1, 0.15) is 39.0 Å². The van der Waals surface area contributed by atoms with Gasteiger partial charge in [0.1, 0.15) is 5.75 Å². The number of ether oxygens (including phenoxy) is 1. The Balaban J connectivity index is 2.29. The van der Waals surface area contributed by atoms with Crippen molar-refractivity contribution in [2.24, 2.45) is 11.7 Å². The minimum Gasteiger partial charge on any atom is -0.493 e. The summed E-state index contributed by atoms with van der Waals surface area (Å²) in [5, 5.41) is 0. The Labute approximate surface area is 133 Å². The van der Waals surface area contributed by atoms with Crippen molar-refractivity contribution < 1.29 is 4.74 Å². The first-order chi connectivity index (χ1) is 10.3. The van der Waals surface area contributed by atoms with Crippen LogP contribution in [0.15, 0.2) is 36.4 Å². The smallest absolute Gasteiger partial charge is 0.119 e. The maximum Gasteiger partial charge on any atom is 0.119 e. The molecule has 0 aliphatic heterocycles. The number of benzene rings is 1. The first-order valence-electron chi connectivity index (χ1n) is 7.77. The summed E-state index contributed by atoms with van der Waals surface area (Å²) in [5.41, 5.74) is 9.85. The van der Waals surface area contributed by atoms with Crippen LogP contribution in [0, 0.1) is 12.8 Å². The highest BCUT2D eigenvalue weighted by Crippen LogP contribution is 2.26. The van der Waals surface area contributed by atoms with E-state index < -0.39 is 0 Å². The third-order valence-electron chi connectivity index (χ3n) is 3.49. The zero-order chi connectivity index (χ0) is 16.3. The van der Waals surface area contributed by atoms with Crippen molar-refractivity contribution in [1.82, 2.24) is 4.98 Å². The average Bonchev–Trinajstić information content (AvgIpc) is 2.44. The van der Waals surface area contributed by atoms with Crippen LogP contribution in [-0.2, 0) is 5.54 Å². The Morgan fingerprint density at radius 2 is 1.91 bits per heavy atom. The fourth-order valence-corrected chi connectivity index (χ4v) is 2.41. The van der Waals surface area contributed by atoms with Gasteiger partial charge in [-0.15, -0.1) is 0 Å². The molecule has 0 bridgehead atoms. The lowest BCUT2D eigenvalue weighted by atomic mass is 9.93. The second-order valence-corrected chi connectivity index (χ2v) is 6.78. The first kappa shape index (κ1) is 16.5. The number of nitrogens with two attached hydrogens (primary N) is 1. The predicted molar refractivity (Wildman–Crippen MR) is 92.0 cm³/mol. The van der Waals surface area contributed by atoms with E-state index in [9.17, 15) is 0 Å². The van der Waals surface area contributed by atoms with Gasteiger partial charge in [0, 0.05) is 16.8 Å². The Hall–Kier alpha value is -1.87. The van der Waals surface area contributed by atoms with Gasteiger partial charge in [-0.3, -0.25) is 4.98 Å². The Kier molecular flexibility index (Phi) is 4.87. The van der Waals surface area contributed by atoms with Gasteiger partial charge >= 0.3 is 0 Å². The van der Waals surface area contributed by atoms with Gasteiger partial charge in [-0.05, 0) is 50.5 Å². The van der Waals surface area contributed by atoms with Gasteiger partial charge in [-0.25, -0.2) is 0 Å². The second kappa shape index (κ2) is 6.49. The van der Waals surface area contributed by atoms with Crippen molar-refractivity contribution in [3.05, 3.63) is 47.7 Å². The van der Waals surface area contributed by atoms with E-state index in [0.717, 1.165) is 34.9 Å². The SMILES string of the molecule is Cc1nc(-c2cccc(OCC(C)C)c2)ccc1C(C)(C)N. The molecular formula is C19H26N2O. The first-order valence-corrected chi connectivity index (χ1v) is 7.77. The summed E-state index contributed by atoms with van der Waals surface area (Å²) < 4.78 is 5.79. The van der Waals surface area contributed by atoms with Crippen LogP contribution in [0.5, 0.6) is 5.75 Å². The normalized spacial score (nSPS) is 11.8. The van der Waals surface area contributed by atoms with Crippen LogP contribution in [0.25, 0.3) is 11.3 Å². The van der Waals surface area contributed by atoms with Gasteiger partial charge < -0.3 is 10.5 Å². The van der Waals surface area contributed by atoms with E-state index in [2.05, 4.69) is 26.0 Å². The molecule has 3 nitrogen and oxygen atoms in total.